The largest absolute Gasteiger partial charge is 0.423 e. The van der Waals surface area contributed by atoms with E-state index < -0.39 is 16.9 Å². The second-order valence-electron chi connectivity index (χ2n) is 5.96. The Hall–Kier alpha value is -4.53. The fourth-order valence-corrected chi connectivity index (χ4v) is 2.38. The summed E-state index contributed by atoms with van der Waals surface area (Å²) in [5.74, 6) is -0.446. The number of hydrogen-bond donors (Lipinski definition) is 2. The first-order valence-corrected chi connectivity index (χ1v) is 8.73. The van der Waals surface area contributed by atoms with Gasteiger partial charge in [0, 0.05) is 17.8 Å². The molecule has 9 nitrogen and oxygen atoms in total. The highest BCUT2D eigenvalue weighted by atomic mass is 16.6. The van der Waals surface area contributed by atoms with Gasteiger partial charge in [-0.2, -0.15) is 5.10 Å². The van der Waals surface area contributed by atoms with Crippen LogP contribution >= 0.6 is 0 Å². The van der Waals surface area contributed by atoms with E-state index in [1.807, 2.05) is 6.07 Å². The molecule has 2 N–H and O–H groups in total. The maximum Gasteiger partial charge on any atom is 0.343 e. The summed E-state index contributed by atoms with van der Waals surface area (Å²) in [5.41, 5.74) is 3.52. The van der Waals surface area contributed by atoms with Gasteiger partial charge < -0.3 is 10.1 Å². The van der Waals surface area contributed by atoms with E-state index in [2.05, 4.69) is 15.8 Å². The number of anilines is 1. The molecule has 0 heterocycles. The highest BCUT2D eigenvalue weighted by molar-refractivity contribution is 5.92. The molecular weight excluding hydrogens is 388 g/mol. The van der Waals surface area contributed by atoms with Crippen LogP contribution in [0.5, 0.6) is 5.75 Å². The number of benzene rings is 3. The summed E-state index contributed by atoms with van der Waals surface area (Å²) in [4.78, 5) is 34.1. The Balaban J connectivity index is 1.54. The number of nitrogens with zero attached hydrogens (tertiary/aromatic N) is 2. The Morgan fingerprint density at radius 3 is 2.40 bits per heavy atom. The van der Waals surface area contributed by atoms with E-state index in [0.29, 0.717) is 11.3 Å². The van der Waals surface area contributed by atoms with Gasteiger partial charge in [0.25, 0.3) is 5.69 Å². The van der Waals surface area contributed by atoms with Gasteiger partial charge in [-0.15, -0.1) is 0 Å². The summed E-state index contributed by atoms with van der Waals surface area (Å²) < 4.78 is 5.21. The quantitative estimate of drug-likeness (QED) is 0.212. The van der Waals surface area contributed by atoms with E-state index in [0.717, 1.165) is 6.07 Å². The van der Waals surface area contributed by atoms with Gasteiger partial charge in [0.2, 0.25) is 0 Å². The molecule has 0 aliphatic heterocycles. The molecular formula is C21H16N4O5. The van der Waals surface area contributed by atoms with Gasteiger partial charge in [0.05, 0.1) is 16.7 Å². The van der Waals surface area contributed by atoms with Crippen molar-refractivity contribution in [2.24, 2.45) is 5.10 Å². The lowest BCUT2D eigenvalue weighted by molar-refractivity contribution is -0.384. The van der Waals surface area contributed by atoms with Crippen molar-refractivity contribution in [2.75, 3.05) is 5.32 Å². The maximum atomic E-state index is 12.1. The third kappa shape index (κ3) is 5.73. The van der Waals surface area contributed by atoms with Gasteiger partial charge in [-0.25, -0.2) is 15.0 Å². The molecule has 30 heavy (non-hydrogen) atoms. The van der Waals surface area contributed by atoms with E-state index in [4.69, 9.17) is 4.74 Å². The number of rotatable bonds is 6. The number of non-ortho nitro benzene ring substituents is 1. The van der Waals surface area contributed by atoms with Gasteiger partial charge in [-0.05, 0) is 48.0 Å². The number of esters is 1. The van der Waals surface area contributed by atoms with Crippen molar-refractivity contribution in [1.82, 2.24) is 5.43 Å². The topological polar surface area (TPSA) is 123 Å². The SMILES string of the molecule is O=C(N/N=C\c1ccc(OC(=O)c2cccc([N+](=O)[O-])c2)cc1)Nc1ccccc1. The average Bonchev–Trinajstić information content (AvgIpc) is 2.75. The minimum atomic E-state index is -0.709. The molecule has 0 atom stereocenters. The number of hydrogen-bond acceptors (Lipinski definition) is 6. The number of carbonyl (C=O) groups is 2. The standard InChI is InChI=1S/C21H16N4O5/c26-20(16-5-4-8-18(13-16)25(28)29)30-19-11-9-15(10-12-19)14-22-24-21(27)23-17-6-2-1-3-7-17/h1-14H,(H2,23,24,27)/b22-14-. The van der Waals surface area contributed by atoms with Gasteiger partial charge >= 0.3 is 12.0 Å². The molecule has 0 fully saturated rings. The van der Waals surface area contributed by atoms with Crippen molar-refractivity contribution in [3.8, 4) is 5.75 Å². The number of nitro groups is 1. The number of amides is 2. The van der Waals surface area contributed by atoms with Crippen molar-refractivity contribution >= 4 is 29.6 Å². The first-order valence-electron chi connectivity index (χ1n) is 8.73. The zero-order valence-corrected chi connectivity index (χ0v) is 15.5. The van der Waals surface area contributed by atoms with Crippen molar-refractivity contribution in [2.45, 2.75) is 0 Å². The highest BCUT2D eigenvalue weighted by Gasteiger charge is 2.13. The Labute approximate surface area is 171 Å². The minimum absolute atomic E-state index is 0.0727. The molecule has 0 saturated heterocycles. The normalized spacial score (nSPS) is 10.4. The molecule has 0 aliphatic carbocycles. The molecule has 0 bridgehead atoms. The third-order valence-electron chi connectivity index (χ3n) is 3.79. The molecule has 9 heteroatoms. The number of hydrazone groups is 1. The lowest BCUT2D eigenvalue weighted by Gasteiger charge is -2.05. The molecule has 0 saturated carbocycles. The first kappa shape index (κ1) is 20.2. The van der Waals surface area contributed by atoms with Gasteiger partial charge in [0.1, 0.15) is 5.75 Å². The van der Waals surface area contributed by atoms with Crippen molar-refractivity contribution < 1.29 is 19.2 Å². The Morgan fingerprint density at radius 2 is 1.70 bits per heavy atom. The summed E-state index contributed by atoms with van der Waals surface area (Å²) in [7, 11) is 0. The van der Waals surface area contributed by atoms with E-state index in [1.54, 1.807) is 48.5 Å². The number of nitro benzene ring substituents is 1. The van der Waals surface area contributed by atoms with Crippen LogP contribution in [0.2, 0.25) is 0 Å². The number of urea groups is 1. The summed E-state index contributed by atoms with van der Waals surface area (Å²) in [6.07, 6.45) is 1.43. The zero-order chi connectivity index (χ0) is 21.3. The second-order valence-corrected chi connectivity index (χ2v) is 5.96. The molecule has 0 aliphatic rings. The molecule has 3 aromatic carbocycles. The molecule has 150 valence electrons. The lowest BCUT2D eigenvalue weighted by atomic mass is 10.2. The number of nitrogens with one attached hydrogen (secondary N) is 2. The zero-order valence-electron chi connectivity index (χ0n) is 15.5. The predicted molar refractivity (Wildman–Crippen MR) is 111 cm³/mol. The molecule has 3 aromatic rings. The summed E-state index contributed by atoms with van der Waals surface area (Å²) >= 11 is 0. The van der Waals surface area contributed by atoms with E-state index in [-0.39, 0.29) is 17.0 Å². The summed E-state index contributed by atoms with van der Waals surface area (Å²) in [5, 5.41) is 17.3. The van der Waals surface area contributed by atoms with E-state index in [1.165, 1.54) is 24.4 Å². The molecule has 0 radical (unpaired) electrons. The van der Waals surface area contributed by atoms with Crippen molar-refractivity contribution in [3.63, 3.8) is 0 Å². The number of para-hydroxylation sites is 1. The van der Waals surface area contributed by atoms with Crippen LogP contribution in [0.1, 0.15) is 15.9 Å². The molecule has 0 spiro atoms. The van der Waals surface area contributed by atoms with E-state index in [9.17, 15) is 19.7 Å². The van der Waals surface area contributed by atoms with Crippen LogP contribution < -0.4 is 15.5 Å². The fraction of sp³-hybridized carbons (Fsp3) is 0. The molecule has 2 amide bonds. The first-order chi connectivity index (χ1) is 14.5. The van der Waals surface area contributed by atoms with Crippen LogP contribution in [0.4, 0.5) is 16.2 Å². The molecule has 0 unspecified atom stereocenters. The monoisotopic (exact) mass is 404 g/mol. The Bertz CT molecular complexity index is 1080. The molecule has 3 rings (SSSR count). The van der Waals surface area contributed by atoms with Crippen LogP contribution in [0.3, 0.4) is 0 Å². The lowest BCUT2D eigenvalue weighted by Crippen LogP contribution is -2.24. The van der Waals surface area contributed by atoms with Crippen molar-refractivity contribution in [1.29, 1.82) is 0 Å². The van der Waals surface area contributed by atoms with Crippen LogP contribution in [0, 0.1) is 10.1 Å². The van der Waals surface area contributed by atoms with E-state index >= 15 is 0 Å². The summed E-state index contributed by atoms with van der Waals surface area (Å²) in [6.45, 7) is 0. The van der Waals surface area contributed by atoms with Crippen molar-refractivity contribution in [3.05, 3.63) is 100 Å². The fourth-order valence-electron chi connectivity index (χ4n) is 2.38. The Kier molecular flexibility index (Phi) is 6.47. The molecule has 0 aromatic heterocycles. The third-order valence-corrected chi connectivity index (χ3v) is 3.79. The average molecular weight is 404 g/mol. The minimum Gasteiger partial charge on any atom is -0.423 e. The van der Waals surface area contributed by atoms with Gasteiger partial charge in [0.15, 0.2) is 0 Å². The van der Waals surface area contributed by atoms with Gasteiger partial charge in [-0.3, -0.25) is 10.1 Å². The second kappa shape index (κ2) is 9.60. The van der Waals surface area contributed by atoms with Crippen LogP contribution in [-0.2, 0) is 0 Å². The van der Waals surface area contributed by atoms with Gasteiger partial charge in [-0.1, -0.05) is 24.3 Å². The highest BCUT2D eigenvalue weighted by Crippen LogP contribution is 2.17. The summed E-state index contributed by atoms with van der Waals surface area (Å²) in [6, 6.07) is 20.1. The Morgan fingerprint density at radius 1 is 0.967 bits per heavy atom. The van der Waals surface area contributed by atoms with Crippen LogP contribution in [-0.4, -0.2) is 23.1 Å². The predicted octanol–water partition coefficient (Wildman–Crippen LogP) is 3.97. The number of ether oxygens (including phenoxy) is 1. The maximum absolute atomic E-state index is 12.1. The number of carbonyl (C=O) groups excluding carboxylic acids is 2. The smallest absolute Gasteiger partial charge is 0.343 e. The van der Waals surface area contributed by atoms with Crippen LogP contribution in [0.25, 0.3) is 0 Å². The van der Waals surface area contributed by atoms with Crippen LogP contribution in [0.15, 0.2) is 84.0 Å².